The van der Waals surface area contributed by atoms with Crippen LogP contribution in [0.1, 0.15) is 61.7 Å². The minimum Gasteiger partial charge on any atom is -0.331 e. The first-order chi connectivity index (χ1) is 9.43. The molecule has 3 aliphatic rings. The van der Waals surface area contributed by atoms with Crippen LogP contribution in [-0.4, -0.2) is 22.6 Å². The summed E-state index contributed by atoms with van der Waals surface area (Å²) in [6.45, 7) is 3.33. The average molecular weight is 257 g/mol. The van der Waals surface area contributed by atoms with E-state index in [0.29, 0.717) is 0 Å². The van der Waals surface area contributed by atoms with E-state index in [1.807, 2.05) is 0 Å². The molecule has 1 saturated carbocycles. The lowest BCUT2D eigenvalue weighted by Gasteiger charge is -2.27. The van der Waals surface area contributed by atoms with Crippen LogP contribution in [0.3, 0.4) is 0 Å². The van der Waals surface area contributed by atoms with Gasteiger partial charge < -0.3 is 9.88 Å². The molecule has 3 nitrogen and oxygen atoms in total. The van der Waals surface area contributed by atoms with Gasteiger partial charge in [-0.1, -0.05) is 12.5 Å². The molecule has 0 radical (unpaired) electrons. The summed E-state index contributed by atoms with van der Waals surface area (Å²) >= 11 is 0. The van der Waals surface area contributed by atoms with Gasteiger partial charge in [0.2, 0.25) is 0 Å². The number of fused-ring (bicyclic) bond motifs is 1. The summed E-state index contributed by atoms with van der Waals surface area (Å²) in [5.74, 6) is 2.17. The Morgan fingerprint density at radius 3 is 2.84 bits per heavy atom. The van der Waals surface area contributed by atoms with Crippen molar-refractivity contribution in [2.24, 2.45) is 0 Å². The highest BCUT2D eigenvalue weighted by Crippen LogP contribution is 2.39. The summed E-state index contributed by atoms with van der Waals surface area (Å²) in [4.78, 5) is 5.10. The standard InChI is InChI=1S/C16H23N3/c1-2-11-19-14(6-1)15(12-7-9-17-10-8-12)18-16(19)13-4-3-5-13/h7,13,17H,1-6,8-11H2. The van der Waals surface area contributed by atoms with Crippen molar-refractivity contribution in [3.63, 3.8) is 0 Å². The SMILES string of the molecule is C1=C(c2nc(C3CCC3)n3c2CCCC3)CCNC1. The molecule has 2 aliphatic heterocycles. The molecule has 19 heavy (non-hydrogen) atoms. The average Bonchev–Trinajstić information content (AvgIpc) is 2.78. The molecule has 1 N–H and O–H groups in total. The van der Waals surface area contributed by atoms with Gasteiger partial charge in [0, 0.05) is 24.7 Å². The Morgan fingerprint density at radius 1 is 1.16 bits per heavy atom. The van der Waals surface area contributed by atoms with Gasteiger partial charge >= 0.3 is 0 Å². The maximum absolute atomic E-state index is 5.10. The molecule has 3 heteroatoms. The lowest BCUT2D eigenvalue weighted by Crippen LogP contribution is -2.21. The summed E-state index contributed by atoms with van der Waals surface area (Å²) < 4.78 is 2.57. The Bertz CT molecular complexity index is 508. The zero-order chi connectivity index (χ0) is 12.7. The van der Waals surface area contributed by atoms with Gasteiger partial charge in [-0.05, 0) is 50.6 Å². The van der Waals surface area contributed by atoms with E-state index < -0.39 is 0 Å². The van der Waals surface area contributed by atoms with Crippen molar-refractivity contribution in [2.75, 3.05) is 13.1 Å². The second-order valence-corrected chi connectivity index (χ2v) is 6.19. The van der Waals surface area contributed by atoms with Crippen LogP contribution in [-0.2, 0) is 13.0 Å². The number of aromatic nitrogens is 2. The van der Waals surface area contributed by atoms with E-state index in [1.54, 1.807) is 5.69 Å². The minimum atomic E-state index is 0.757. The quantitative estimate of drug-likeness (QED) is 0.883. The fourth-order valence-electron chi connectivity index (χ4n) is 3.64. The van der Waals surface area contributed by atoms with Gasteiger partial charge in [0.15, 0.2) is 0 Å². The van der Waals surface area contributed by atoms with Crippen LogP contribution in [0.5, 0.6) is 0 Å². The number of hydrogen-bond donors (Lipinski definition) is 1. The van der Waals surface area contributed by atoms with E-state index in [9.17, 15) is 0 Å². The van der Waals surface area contributed by atoms with E-state index in [-0.39, 0.29) is 0 Å². The van der Waals surface area contributed by atoms with E-state index in [1.165, 1.54) is 62.2 Å². The lowest BCUT2D eigenvalue weighted by atomic mass is 9.84. The smallest absolute Gasteiger partial charge is 0.112 e. The molecule has 1 fully saturated rings. The number of rotatable bonds is 2. The molecule has 0 saturated heterocycles. The van der Waals surface area contributed by atoms with E-state index in [4.69, 9.17) is 4.98 Å². The Hall–Kier alpha value is -1.09. The Kier molecular flexibility index (Phi) is 2.95. The highest BCUT2D eigenvalue weighted by molar-refractivity contribution is 5.66. The summed E-state index contributed by atoms with van der Waals surface area (Å²) in [5, 5.41) is 3.41. The molecule has 0 atom stereocenters. The maximum atomic E-state index is 5.10. The lowest BCUT2D eigenvalue weighted by molar-refractivity contribution is 0.376. The highest BCUT2D eigenvalue weighted by atomic mass is 15.1. The van der Waals surface area contributed by atoms with E-state index >= 15 is 0 Å². The van der Waals surface area contributed by atoms with Crippen molar-refractivity contribution in [1.29, 1.82) is 0 Å². The number of nitrogens with one attached hydrogen (secondary N) is 1. The van der Waals surface area contributed by atoms with Crippen LogP contribution >= 0.6 is 0 Å². The van der Waals surface area contributed by atoms with Crippen LogP contribution in [0, 0.1) is 0 Å². The third-order valence-electron chi connectivity index (χ3n) is 4.99. The Morgan fingerprint density at radius 2 is 2.11 bits per heavy atom. The largest absolute Gasteiger partial charge is 0.331 e. The van der Waals surface area contributed by atoms with Gasteiger partial charge in [0.05, 0.1) is 5.69 Å². The first-order valence-electron chi connectivity index (χ1n) is 7.93. The third kappa shape index (κ3) is 1.95. The molecule has 0 aromatic carbocycles. The predicted molar refractivity (Wildman–Crippen MR) is 77.2 cm³/mol. The number of nitrogens with zero attached hydrogens (tertiary/aromatic N) is 2. The molecule has 1 aromatic rings. The van der Waals surface area contributed by atoms with Crippen molar-refractivity contribution in [3.05, 3.63) is 23.3 Å². The van der Waals surface area contributed by atoms with Gasteiger partial charge in [-0.15, -0.1) is 0 Å². The molecule has 1 aliphatic carbocycles. The first kappa shape index (κ1) is 11.7. The predicted octanol–water partition coefficient (Wildman–Crippen LogP) is 2.86. The molecule has 102 valence electrons. The second-order valence-electron chi connectivity index (χ2n) is 6.19. The van der Waals surface area contributed by atoms with Gasteiger partial charge in [0.25, 0.3) is 0 Å². The van der Waals surface area contributed by atoms with Crippen molar-refractivity contribution in [3.8, 4) is 0 Å². The molecule has 1 aromatic heterocycles. The molecule has 3 heterocycles. The molecular weight excluding hydrogens is 234 g/mol. The topological polar surface area (TPSA) is 29.9 Å². The second kappa shape index (κ2) is 4.78. The van der Waals surface area contributed by atoms with Gasteiger partial charge in [-0.3, -0.25) is 0 Å². The highest BCUT2D eigenvalue weighted by Gasteiger charge is 2.29. The summed E-state index contributed by atoms with van der Waals surface area (Å²) in [6.07, 6.45) is 11.5. The zero-order valence-corrected chi connectivity index (χ0v) is 11.6. The van der Waals surface area contributed by atoms with Gasteiger partial charge in [0.1, 0.15) is 5.82 Å². The van der Waals surface area contributed by atoms with Crippen LogP contribution in [0.15, 0.2) is 6.08 Å². The summed E-state index contributed by atoms with van der Waals surface area (Å²) in [7, 11) is 0. The molecule has 0 bridgehead atoms. The molecular formula is C16H23N3. The summed E-state index contributed by atoms with van der Waals surface area (Å²) in [5.41, 5.74) is 4.39. The van der Waals surface area contributed by atoms with Crippen molar-refractivity contribution < 1.29 is 0 Å². The van der Waals surface area contributed by atoms with Crippen LogP contribution in [0.25, 0.3) is 5.57 Å². The molecule has 0 spiro atoms. The van der Waals surface area contributed by atoms with Crippen molar-refractivity contribution in [2.45, 2.75) is 57.4 Å². The van der Waals surface area contributed by atoms with Gasteiger partial charge in [-0.25, -0.2) is 4.98 Å². The fourth-order valence-corrected chi connectivity index (χ4v) is 3.64. The maximum Gasteiger partial charge on any atom is 0.112 e. The van der Waals surface area contributed by atoms with Gasteiger partial charge in [-0.2, -0.15) is 0 Å². The number of hydrogen-bond acceptors (Lipinski definition) is 2. The Balaban J connectivity index is 1.77. The number of imidazole rings is 1. The fraction of sp³-hybridized carbons (Fsp3) is 0.688. The monoisotopic (exact) mass is 257 g/mol. The molecule has 0 unspecified atom stereocenters. The normalized spacial score (nSPS) is 23.7. The van der Waals surface area contributed by atoms with Crippen LogP contribution in [0.2, 0.25) is 0 Å². The third-order valence-corrected chi connectivity index (χ3v) is 4.99. The molecule has 4 rings (SSSR count). The van der Waals surface area contributed by atoms with Crippen LogP contribution in [0.4, 0.5) is 0 Å². The minimum absolute atomic E-state index is 0.757. The van der Waals surface area contributed by atoms with E-state index in [0.717, 1.165) is 25.4 Å². The van der Waals surface area contributed by atoms with Crippen molar-refractivity contribution in [1.82, 2.24) is 14.9 Å². The van der Waals surface area contributed by atoms with E-state index in [2.05, 4.69) is 16.0 Å². The first-order valence-corrected chi connectivity index (χ1v) is 7.93. The van der Waals surface area contributed by atoms with Crippen molar-refractivity contribution >= 4 is 5.57 Å². The van der Waals surface area contributed by atoms with Crippen LogP contribution < -0.4 is 5.32 Å². The molecule has 0 amide bonds. The Labute approximate surface area is 115 Å². The zero-order valence-electron chi connectivity index (χ0n) is 11.6. The summed E-state index contributed by atoms with van der Waals surface area (Å²) in [6, 6.07) is 0.